The molecule has 22 heavy (non-hydrogen) atoms. The molecule has 1 rings (SSSR count). The van der Waals surface area contributed by atoms with Crippen LogP contribution in [-0.2, 0) is 14.3 Å². The smallest absolute Gasteiger partial charge is 0.444 e. The fourth-order valence-electron chi connectivity index (χ4n) is 2.82. The highest BCUT2D eigenvalue weighted by atomic mass is 16.6. The molecule has 126 valence electrons. The third-order valence-corrected chi connectivity index (χ3v) is 3.88. The van der Waals surface area contributed by atoms with Crippen LogP contribution in [0.5, 0.6) is 0 Å². The zero-order valence-electron chi connectivity index (χ0n) is 14.3. The van der Waals surface area contributed by atoms with Crippen LogP contribution in [0.2, 0.25) is 0 Å². The number of methoxy groups -OCH3 is 1. The highest BCUT2D eigenvalue weighted by Crippen LogP contribution is 2.29. The van der Waals surface area contributed by atoms with E-state index in [1.807, 2.05) is 6.92 Å². The summed E-state index contributed by atoms with van der Waals surface area (Å²) in [6.07, 6.45) is 0.275. The molecular formula is C15H27N2O5+. The lowest BCUT2D eigenvalue weighted by molar-refractivity contribution is -0.793. The van der Waals surface area contributed by atoms with Crippen molar-refractivity contribution in [3.05, 3.63) is 0 Å². The lowest BCUT2D eigenvalue weighted by Gasteiger charge is -2.33. The summed E-state index contributed by atoms with van der Waals surface area (Å²) in [4.78, 5) is 36.8. The standard InChI is InChI=1S/C15H26N2O5/c1-10-8-7-9-17(10,14(20)21-6)12(18)11(2)16-13(19)22-15(3,4)5/h10-11H,7-9H2,1-6H3/p+1/t10-,11+,17?/m1/s1. The summed E-state index contributed by atoms with van der Waals surface area (Å²) in [6, 6.07) is -1.00. The maximum atomic E-state index is 12.8. The van der Waals surface area contributed by atoms with Gasteiger partial charge in [0.25, 0.3) is 0 Å². The fourth-order valence-corrected chi connectivity index (χ4v) is 2.82. The Morgan fingerprint density at radius 1 is 1.27 bits per heavy atom. The molecule has 0 bridgehead atoms. The lowest BCUT2D eigenvalue weighted by atomic mass is 10.2. The third-order valence-electron chi connectivity index (χ3n) is 3.88. The summed E-state index contributed by atoms with van der Waals surface area (Å²) in [7, 11) is 1.27. The molecule has 7 nitrogen and oxygen atoms in total. The number of quaternary nitrogens is 1. The van der Waals surface area contributed by atoms with Crippen LogP contribution in [0.25, 0.3) is 0 Å². The van der Waals surface area contributed by atoms with Gasteiger partial charge in [-0.1, -0.05) is 0 Å². The minimum atomic E-state index is -0.838. The van der Waals surface area contributed by atoms with Gasteiger partial charge < -0.3 is 14.8 Å². The number of likely N-dealkylation sites (tertiary alicyclic amines) is 1. The van der Waals surface area contributed by atoms with E-state index >= 15 is 0 Å². The lowest BCUT2D eigenvalue weighted by Crippen LogP contribution is -2.64. The maximum absolute atomic E-state index is 12.8. The van der Waals surface area contributed by atoms with Crippen LogP contribution >= 0.6 is 0 Å². The summed E-state index contributed by atoms with van der Waals surface area (Å²) in [5.41, 5.74) is -0.650. The summed E-state index contributed by atoms with van der Waals surface area (Å²) < 4.78 is 9.59. The topological polar surface area (TPSA) is 81.7 Å². The van der Waals surface area contributed by atoms with Gasteiger partial charge in [0.1, 0.15) is 17.7 Å². The first-order valence-corrected chi connectivity index (χ1v) is 7.54. The van der Waals surface area contributed by atoms with Gasteiger partial charge in [-0.15, -0.1) is 0 Å². The second-order valence-corrected chi connectivity index (χ2v) is 6.76. The molecule has 0 saturated carbocycles. The number of carbonyl (C=O) groups is 3. The normalized spacial score (nSPS) is 26.2. The number of carbonyl (C=O) groups excluding carboxylic acids is 3. The third kappa shape index (κ3) is 3.76. The molecule has 0 aromatic carbocycles. The van der Waals surface area contributed by atoms with E-state index in [9.17, 15) is 14.4 Å². The van der Waals surface area contributed by atoms with E-state index in [0.29, 0.717) is 6.54 Å². The van der Waals surface area contributed by atoms with Gasteiger partial charge in [-0.2, -0.15) is 9.28 Å². The van der Waals surface area contributed by atoms with Gasteiger partial charge in [-0.3, -0.25) is 0 Å². The minimum Gasteiger partial charge on any atom is -0.444 e. The number of alkyl carbamates (subject to hydrolysis) is 1. The van der Waals surface area contributed by atoms with Crippen molar-refractivity contribution in [3.8, 4) is 0 Å². The SMILES string of the molecule is COC(=O)[N+]1(C(=O)[C@H](C)NC(=O)OC(C)(C)C)CCC[C@H]1C. The Labute approximate surface area is 131 Å². The average Bonchev–Trinajstić information content (AvgIpc) is 2.77. The van der Waals surface area contributed by atoms with Crippen molar-refractivity contribution in [2.24, 2.45) is 0 Å². The Kier molecular flexibility index (Phi) is 5.56. The van der Waals surface area contributed by atoms with Crippen molar-refractivity contribution in [2.75, 3.05) is 13.7 Å². The Balaban J connectivity index is 2.87. The highest BCUT2D eigenvalue weighted by molar-refractivity contribution is 5.87. The van der Waals surface area contributed by atoms with Gasteiger partial charge in [0.05, 0.1) is 13.7 Å². The molecule has 7 heteroatoms. The van der Waals surface area contributed by atoms with E-state index in [1.165, 1.54) is 7.11 Å². The quantitative estimate of drug-likeness (QED) is 0.790. The van der Waals surface area contributed by atoms with E-state index in [-0.39, 0.29) is 16.4 Å². The fraction of sp³-hybridized carbons (Fsp3) is 0.800. The summed E-state index contributed by atoms with van der Waals surface area (Å²) in [5.74, 6) is -0.372. The molecule has 3 atom stereocenters. The van der Waals surface area contributed by atoms with Crippen molar-refractivity contribution < 1.29 is 28.3 Å². The van der Waals surface area contributed by atoms with Crippen LogP contribution < -0.4 is 5.32 Å². The van der Waals surface area contributed by atoms with Crippen molar-refractivity contribution >= 4 is 18.1 Å². The Bertz CT molecular complexity index is 457. The van der Waals surface area contributed by atoms with Crippen molar-refractivity contribution in [3.63, 3.8) is 0 Å². The Morgan fingerprint density at radius 2 is 1.86 bits per heavy atom. The number of hydrogen-bond acceptors (Lipinski definition) is 5. The van der Waals surface area contributed by atoms with Crippen LogP contribution in [0.1, 0.15) is 47.5 Å². The molecule has 1 heterocycles. The first kappa shape index (κ1) is 18.4. The van der Waals surface area contributed by atoms with Crippen LogP contribution in [0.15, 0.2) is 0 Å². The predicted octanol–water partition coefficient (Wildman–Crippen LogP) is 2.19. The zero-order valence-corrected chi connectivity index (χ0v) is 14.3. The summed E-state index contributed by atoms with van der Waals surface area (Å²) in [6.45, 7) is 9.02. The number of nitrogens with zero attached hydrogens (tertiary/aromatic N) is 1. The summed E-state index contributed by atoms with van der Waals surface area (Å²) >= 11 is 0. The molecule has 0 aliphatic carbocycles. The molecule has 1 N–H and O–H groups in total. The molecule has 0 aromatic rings. The molecule has 1 aliphatic heterocycles. The van der Waals surface area contributed by atoms with Gasteiger partial charge in [0.2, 0.25) is 0 Å². The molecule has 1 aliphatic rings. The second-order valence-electron chi connectivity index (χ2n) is 6.76. The number of imide groups is 1. The number of hydrogen-bond donors (Lipinski definition) is 1. The first-order valence-electron chi connectivity index (χ1n) is 7.54. The molecule has 0 spiro atoms. The average molecular weight is 315 g/mol. The molecule has 1 unspecified atom stereocenters. The molecule has 1 fully saturated rings. The molecule has 1 saturated heterocycles. The van der Waals surface area contributed by atoms with Gasteiger partial charge in [-0.05, 0) is 34.6 Å². The monoisotopic (exact) mass is 315 g/mol. The van der Waals surface area contributed by atoms with Gasteiger partial charge in [0.15, 0.2) is 0 Å². The Morgan fingerprint density at radius 3 is 2.27 bits per heavy atom. The predicted molar refractivity (Wildman–Crippen MR) is 80.1 cm³/mol. The number of amides is 3. The first-order chi connectivity index (χ1) is 10.0. The van der Waals surface area contributed by atoms with E-state index in [0.717, 1.165) is 12.8 Å². The van der Waals surface area contributed by atoms with Crippen LogP contribution in [-0.4, -0.2) is 53.9 Å². The van der Waals surface area contributed by atoms with Crippen LogP contribution in [0.4, 0.5) is 9.59 Å². The minimum absolute atomic E-state index is 0.164. The number of ether oxygens (including phenoxy) is 2. The van der Waals surface area contributed by atoms with Gasteiger partial charge in [0, 0.05) is 12.8 Å². The van der Waals surface area contributed by atoms with Gasteiger partial charge in [-0.25, -0.2) is 9.59 Å². The number of rotatable bonds is 2. The van der Waals surface area contributed by atoms with E-state index in [4.69, 9.17) is 9.47 Å². The summed E-state index contributed by atoms with van der Waals surface area (Å²) in [5, 5.41) is 2.50. The van der Waals surface area contributed by atoms with Crippen molar-refractivity contribution in [2.45, 2.75) is 65.1 Å². The van der Waals surface area contributed by atoms with Gasteiger partial charge >= 0.3 is 18.1 Å². The maximum Gasteiger partial charge on any atom is 0.523 e. The van der Waals surface area contributed by atoms with Crippen molar-refractivity contribution in [1.82, 2.24) is 5.32 Å². The van der Waals surface area contributed by atoms with Crippen molar-refractivity contribution in [1.29, 1.82) is 0 Å². The number of nitrogens with one attached hydrogen (secondary N) is 1. The molecule has 0 radical (unpaired) electrons. The largest absolute Gasteiger partial charge is 0.523 e. The van der Waals surface area contributed by atoms with E-state index in [2.05, 4.69) is 5.32 Å². The molecular weight excluding hydrogens is 288 g/mol. The zero-order chi connectivity index (χ0) is 17.1. The van der Waals surface area contributed by atoms with E-state index < -0.39 is 23.8 Å². The van der Waals surface area contributed by atoms with Crippen LogP contribution in [0.3, 0.4) is 0 Å². The van der Waals surface area contributed by atoms with Crippen LogP contribution in [0, 0.1) is 0 Å². The molecule has 3 amide bonds. The second kappa shape index (κ2) is 6.64. The Hall–Kier alpha value is -1.63. The van der Waals surface area contributed by atoms with E-state index in [1.54, 1.807) is 27.7 Å². The molecule has 0 aromatic heterocycles. The highest BCUT2D eigenvalue weighted by Gasteiger charge is 2.55.